The fourth-order valence-corrected chi connectivity index (χ4v) is 3.76. The van der Waals surface area contributed by atoms with Crippen molar-refractivity contribution in [2.75, 3.05) is 6.54 Å². The summed E-state index contributed by atoms with van der Waals surface area (Å²) in [5.41, 5.74) is 2.07. The monoisotopic (exact) mass is 348 g/mol. The predicted octanol–water partition coefficient (Wildman–Crippen LogP) is 3.23. The molecule has 0 N–H and O–H groups in total. The van der Waals surface area contributed by atoms with E-state index in [0.29, 0.717) is 0 Å². The van der Waals surface area contributed by atoms with Crippen molar-refractivity contribution in [2.24, 2.45) is 0 Å². The van der Waals surface area contributed by atoms with E-state index in [9.17, 15) is 4.79 Å². The lowest BCUT2D eigenvalue weighted by atomic mass is 10.1. The zero-order valence-corrected chi connectivity index (χ0v) is 14.9. The van der Waals surface area contributed by atoms with Crippen molar-refractivity contribution < 1.29 is 4.79 Å². The van der Waals surface area contributed by atoms with Crippen LogP contribution in [0.4, 0.5) is 0 Å². The van der Waals surface area contributed by atoms with Crippen LogP contribution in [0.5, 0.6) is 0 Å². The zero-order valence-electron chi connectivity index (χ0n) is 14.9. The van der Waals surface area contributed by atoms with E-state index in [2.05, 4.69) is 33.9 Å². The second-order valence-electron chi connectivity index (χ2n) is 6.85. The van der Waals surface area contributed by atoms with Gasteiger partial charge in [0.25, 0.3) is 5.91 Å². The highest BCUT2D eigenvalue weighted by molar-refractivity contribution is 5.93. The number of aromatic nitrogens is 3. The first-order valence-electron chi connectivity index (χ1n) is 9.29. The van der Waals surface area contributed by atoms with Gasteiger partial charge in [-0.25, -0.2) is 0 Å². The molecule has 3 heterocycles. The molecule has 1 saturated heterocycles. The van der Waals surface area contributed by atoms with Crippen LogP contribution in [0.1, 0.15) is 28.9 Å². The van der Waals surface area contributed by atoms with Gasteiger partial charge in [-0.2, -0.15) is 5.10 Å². The van der Waals surface area contributed by atoms with Crippen LogP contribution in [-0.2, 0) is 19.5 Å². The third kappa shape index (κ3) is 3.57. The molecule has 5 heteroatoms. The van der Waals surface area contributed by atoms with Crippen LogP contribution in [0.3, 0.4) is 0 Å². The van der Waals surface area contributed by atoms with Crippen LogP contribution in [0.2, 0.25) is 0 Å². The molecular weight excluding hydrogens is 324 g/mol. The Morgan fingerprint density at radius 1 is 1.08 bits per heavy atom. The largest absolute Gasteiger partial charge is 0.343 e. The van der Waals surface area contributed by atoms with Crippen LogP contribution in [0, 0.1) is 0 Å². The third-order valence-corrected chi connectivity index (χ3v) is 5.13. The van der Waals surface area contributed by atoms with Crippen LogP contribution < -0.4 is 0 Å². The van der Waals surface area contributed by atoms with E-state index in [1.54, 1.807) is 6.20 Å². The topological polar surface area (TPSA) is 43.1 Å². The average Bonchev–Trinajstić information content (AvgIpc) is 3.43. The zero-order chi connectivity index (χ0) is 17.8. The molecule has 3 aromatic rings. The number of benzene rings is 1. The summed E-state index contributed by atoms with van der Waals surface area (Å²) in [5.74, 6) is 0.137. The number of nitrogens with zero attached hydrogens (tertiary/aromatic N) is 4. The molecule has 2 aromatic heterocycles. The average molecular weight is 348 g/mol. The Morgan fingerprint density at radius 3 is 2.77 bits per heavy atom. The quantitative estimate of drug-likeness (QED) is 0.686. The molecule has 134 valence electrons. The lowest BCUT2D eigenvalue weighted by molar-refractivity contribution is 0.0710. The first-order valence-corrected chi connectivity index (χ1v) is 9.29. The molecular formula is C21H24N4O. The molecule has 1 fully saturated rings. The second kappa shape index (κ2) is 7.60. The highest BCUT2D eigenvalue weighted by Gasteiger charge is 2.30. The Bertz CT molecular complexity index is 838. The van der Waals surface area contributed by atoms with Gasteiger partial charge in [0, 0.05) is 31.7 Å². The summed E-state index contributed by atoms with van der Waals surface area (Å²) in [6.45, 7) is 2.41. The van der Waals surface area contributed by atoms with Gasteiger partial charge in [-0.15, -0.1) is 0 Å². The maximum Gasteiger partial charge on any atom is 0.270 e. The smallest absolute Gasteiger partial charge is 0.270 e. The van der Waals surface area contributed by atoms with E-state index < -0.39 is 0 Å². The first kappa shape index (κ1) is 16.6. The Balaban J connectivity index is 1.45. The van der Waals surface area contributed by atoms with Gasteiger partial charge in [-0.1, -0.05) is 30.3 Å². The van der Waals surface area contributed by atoms with Gasteiger partial charge >= 0.3 is 0 Å². The SMILES string of the molecule is O=C(c1cccn1CCc1ccccc1)N1CCC[C@H]1Cn1cccn1. The van der Waals surface area contributed by atoms with Crippen LogP contribution in [-0.4, -0.2) is 37.7 Å². The first-order chi connectivity index (χ1) is 12.8. The Kier molecular flexibility index (Phi) is 4.86. The number of likely N-dealkylation sites (tertiary alicyclic amines) is 1. The summed E-state index contributed by atoms with van der Waals surface area (Å²) >= 11 is 0. The number of rotatable bonds is 6. The maximum absolute atomic E-state index is 13.2. The van der Waals surface area contributed by atoms with E-state index in [0.717, 1.165) is 44.6 Å². The molecule has 0 bridgehead atoms. The number of hydrogen-bond acceptors (Lipinski definition) is 2. The molecule has 0 aliphatic carbocycles. The van der Waals surface area contributed by atoms with Crippen molar-refractivity contribution in [3.8, 4) is 0 Å². The normalized spacial score (nSPS) is 16.9. The van der Waals surface area contributed by atoms with E-state index in [-0.39, 0.29) is 11.9 Å². The minimum Gasteiger partial charge on any atom is -0.343 e. The third-order valence-electron chi connectivity index (χ3n) is 5.13. The number of carbonyl (C=O) groups excluding carboxylic acids is 1. The molecule has 5 nitrogen and oxygen atoms in total. The van der Waals surface area contributed by atoms with Gasteiger partial charge < -0.3 is 9.47 Å². The fourth-order valence-electron chi connectivity index (χ4n) is 3.76. The summed E-state index contributed by atoms with van der Waals surface area (Å²) in [6.07, 6.45) is 8.78. The molecule has 0 spiro atoms. The van der Waals surface area contributed by atoms with Gasteiger partial charge in [0.1, 0.15) is 5.69 Å². The van der Waals surface area contributed by atoms with Gasteiger partial charge in [0.15, 0.2) is 0 Å². The summed E-state index contributed by atoms with van der Waals surface area (Å²) < 4.78 is 4.00. The Labute approximate surface area is 153 Å². The van der Waals surface area contributed by atoms with Crippen LogP contribution in [0.25, 0.3) is 0 Å². The molecule has 0 saturated carbocycles. The van der Waals surface area contributed by atoms with Gasteiger partial charge in [0.2, 0.25) is 0 Å². The van der Waals surface area contributed by atoms with Crippen molar-refractivity contribution in [1.82, 2.24) is 19.2 Å². The molecule has 1 amide bonds. The van der Waals surface area contributed by atoms with E-state index in [4.69, 9.17) is 0 Å². The van der Waals surface area contributed by atoms with Gasteiger partial charge in [-0.3, -0.25) is 9.48 Å². The minimum atomic E-state index is 0.137. The van der Waals surface area contributed by atoms with Crippen molar-refractivity contribution in [3.05, 3.63) is 78.4 Å². The number of amides is 1. The molecule has 0 radical (unpaired) electrons. The molecule has 1 aliphatic rings. The Hall–Kier alpha value is -2.82. The van der Waals surface area contributed by atoms with Crippen molar-refractivity contribution in [3.63, 3.8) is 0 Å². The molecule has 1 aromatic carbocycles. The Morgan fingerprint density at radius 2 is 1.96 bits per heavy atom. The number of carbonyl (C=O) groups is 1. The number of aryl methyl sites for hydroxylation is 2. The standard InChI is InChI=1S/C21H24N4O/c26-21(25-15-4-9-19(25)17-24-14-6-12-22-24)20-10-5-13-23(20)16-11-18-7-2-1-3-8-18/h1-3,5-8,10,12-14,19H,4,9,11,15-17H2/t19-/m0/s1. The van der Waals surface area contributed by atoms with E-state index in [1.807, 2.05) is 46.2 Å². The summed E-state index contributed by atoms with van der Waals surface area (Å²) in [4.78, 5) is 15.2. The van der Waals surface area contributed by atoms with Crippen LogP contribution >= 0.6 is 0 Å². The van der Waals surface area contributed by atoms with E-state index in [1.165, 1.54) is 5.56 Å². The molecule has 4 rings (SSSR count). The summed E-state index contributed by atoms with van der Waals surface area (Å²) in [7, 11) is 0. The van der Waals surface area contributed by atoms with Crippen LogP contribution in [0.15, 0.2) is 67.1 Å². The predicted molar refractivity (Wildman–Crippen MR) is 101 cm³/mol. The maximum atomic E-state index is 13.2. The summed E-state index contributed by atoms with van der Waals surface area (Å²) in [5, 5.41) is 4.29. The fraction of sp³-hybridized carbons (Fsp3) is 0.333. The lowest BCUT2D eigenvalue weighted by Gasteiger charge is -2.25. The highest BCUT2D eigenvalue weighted by atomic mass is 16.2. The lowest BCUT2D eigenvalue weighted by Crippen LogP contribution is -2.39. The van der Waals surface area contributed by atoms with Crippen molar-refractivity contribution >= 4 is 5.91 Å². The van der Waals surface area contributed by atoms with E-state index >= 15 is 0 Å². The second-order valence-corrected chi connectivity index (χ2v) is 6.85. The molecule has 1 aliphatic heterocycles. The molecule has 26 heavy (non-hydrogen) atoms. The minimum absolute atomic E-state index is 0.137. The van der Waals surface area contributed by atoms with Crippen molar-refractivity contribution in [2.45, 2.75) is 38.4 Å². The highest BCUT2D eigenvalue weighted by Crippen LogP contribution is 2.22. The number of hydrogen-bond donors (Lipinski definition) is 0. The summed E-state index contributed by atoms with van der Waals surface area (Å²) in [6, 6.07) is 16.5. The van der Waals surface area contributed by atoms with Gasteiger partial charge in [0.05, 0.1) is 12.6 Å². The molecule has 0 unspecified atom stereocenters. The van der Waals surface area contributed by atoms with Gasteiger partial charge in [-0.05, 0) is 43.0 Å². The van der Waals surface area contributed by atoms with Crippen molar-refractivity contribution in [1.29, 1.82) is 0 Å². The molecule has 1 atom stereocenters.